The molecule has 0 spiro atoms. The van der Waals surface area contributed by atoms with Crippen molar-refractivity contribution in [2.24, 2.45) is 0 Å². The zero-order valence-corrected chi connectivity index (χ0v) is 14.1. The van der Waals surface area contributed by atoms with Gasteiger partial charge in [-0.1, -0.05) is 18.2 Å². The van der Waals surface area contributed by atoms with E-state index in [2.05, 4.69) is 36.2 Å². The number of nitrogens with zero attached hydrogens (tertiary/aromatic N) is 1. The third-order valence-corrected chi connectivity index (χ3v) is 3.48. The lowest BCUT2D eigenvalue weighted by molar-refractivity contribution is 0.340. The van der Waals surface area contributed by atoms with Crippen molar-refractivity contribution in [2.45, 2.75) is 26.8 Å². The number of ether oxygens (including phenoxy) is 1. The van der Waals surface area contributed by atoms with Gasteiger partial charge in [-0.05, 0) is 69.4 Å². The molecule has 3 nitrogen and oxygen atoms in total. The predicted molar refractivity (Wildman–Crippen MR) is 97.9 cm³/mol. The van der Waals surface area contributed by atoms with Gasteiger partial charge in [0.1, 0.15) is 5.75 Å². The number of para-hydroxylation sites is 1. The van der Waals surface area contributed by atoms with Crippen LogP contribution in [0.2, 0.25) is 0 Å². The van der Waals surface area contributed by atoms with E-state index in [9.17, 15) is 0 Å². The molecular formula is C18H22N2OS. The van der Waals surface area contributed by atoms with E-state index in [0.717, 1.165) is 17.1 Å². The second-order valence-corrected chi connectivity index (χ2v) is 5.57. The van der Waals surface area contributed by atoms with E-state index >= 15 is 0 Å². The maximum absolute atomic E-state index is 5.58. The standard InChI is InChI=1S/C18H22N2OS/c1-4-21-17-12-10-15(11-13-17)19-18(22)20(14(2)3)16-8-6-5-7-9-16/h5-14H,4H2,1-3H3,(H,19,22). The van der Waals surface area contributed by atoms with E-state index < -0.39 is 0 Å². The molecule has 1 N–H and O–H groups in total. The van der Waals surface area contributed by atoms with Crippen molar-refractivity contribution in [3.63, 3.8) is 0 Å². The molecule has 2 aromatic carbocycles. The molecule has 0 aliphatic rings. The van der Waals surface area contributed by atoms with Gasteiger partial charge in [0.15, 0.2) is 5.11 Å². The van der Waals surface area contributed by atoms with Crippen LogP contribution in [0.3, 0.4) is 0 Å². The van der Waals surface area contributed by atoms with Gasteiger partial charge in [0.2, 0.25) is 0 Å². The summed E-state index contributed by atoms with van der Waals surface area (Å²) in [6.45, 7) is 6.89. The monoisotopic (exact) mass is 314 g/mol. The minimum Gasteiger partial charge on any atom is -0.494 e. The molecule has 0 saturated carbocycles. The van der Waals surface area contributed by atoms with E-state index in [4.69, 9.17) is 17.0 Å². The van der Waals surface area contributed by atoms with Crippen LogP contribution in [0.15, 0.2) is 54.6 Å². The smallest absolute Gasteiger partial charge is 0.178 e. The Morgan fingerprint density at radius 3 is 2.27 bits per heavy atom. The van der Waals surface area contributed by atoms with Crippen molar-refractivity contribution >= 4 is 28.7 Å². The molecule has 0 aromatic heterocycles. The first-order valence-corrected chi connectivity index (χ1v) is 7.90. The van der Waals surface area contributed by atoms with Crippen LogP contribution in [0.4, 0.5) is 11.4 Å². The lowest BCUT2D eigenvalue weighted by Gasteiger charge is -2.29. The molecule has 0 bridgehead atoms. The minimum atomic E-state index is 0.269. The normalized spacial score (nSPS) is 10.4. The van der Waals surface area contributed by atoms with E-state index in [1.54, 1.807) is 0 Å². The molecule has 4 heteroatoms. The molecule has 0 fully saturated rings. The molecule has 0 saturated heterocycles. The zero-order valence-electron chi connectivity index (χ0n) is 13.2. The number of thiocarbonyl (C=S) groups is 1. The van der Waals surface area contributed by atoms with Gasteiger partial charge in [0.25, 0.3) is 0 Å². The van der Waals surface area contributed by atoms with Gasteiger partial charge < -0.3 is 15.0 Å². The fraction of sp³-hybridized carbons (Fsp3) is 0.278. The Morgan fingerprint density at radius 1 is 1.09 bits per heavy atom. The Bertz CT molecular complexity index is 596. The summed E-state index contributed by atoms with van der Waals surface area (Å²) in [5, 5.41) is 3.98. The summed E-state index contributed by atoms with van der Waals surface area (Å²) >= 11 is 5.58. The van der Waals surface area contributed by atoms with E-state index in [1.165, 1.54) is 0 Å². The lowest BCUT2D eigenvalue weighted by Crippen LogP contribution is -2.40. The molecule has 116 valence electrons. The third kappa shape index (κ3) is 4.21. The van der Waals surface area contributed by atoms with Gasteiger partial charge in [-0.15, -0.1) is 0 Å². The van der Waals surface area contributed by atoms with Crippen molar-refractivity contribution in [3.05, 3.63) is 54.6 Å². The lowest BCUT2D eigenvalue weighted by atomic mass is 10.2. The van der Waals surface area contributed by atoms with Crippen LogP contribution in [-0.4, -0.2) is 17.8 Å². The Balaban J connectivity index is 2.11. The molecule has 2 rings (SSSR count). The first-order chi connectivity index (χ1) is 10.6. The zero-order chi connectivity index (χ0) is 15.9. The quantitative estimate of drug-likeness (QED) is 0.809. The highest BCUT2D eigenvalue weighted by Gasteiger charge is 2.15. The van der Waals surface area contributed by atoms with Crippen LogP contribution in [0.25, 0.3) is 0 Å². The summed E-state index contributed by atoms with van der Waals surface area (Å²) in [5.74, 6) is 0.864. The molecule has 0 amide bonds. The van der Waals surface area contributed by atoms with Gasteiger partial charge in [-0.3, -0.25) is 0 Å². The second kappa shape index (κ2) is 7.80. The molecule has 0 atom stereocenters. The summed E-state index contributed by atoms with van der Waals surface area (Å²) in [6, 6.07) is 18.3. The van der Waals surface area contributed by atoms with Gasteiger partial charge >= 0.3 is 0 Å². The summed E-state index contributed by atoms with van der Waals surface area (Å²) in [5.41, 5.74) is 2.04. The Hall–Kier alpha value is -2.07. The number of anilines is 2. The van der Waals surface area contributed by atoms with Gasteiger partial charge in [-0.25, -0.2) is 0 Å². The molecular weight excluding hydrogens is 292 g/mol. The number of nitrogens with one attached hydrogen (secondary N) is 1. The third-order valence-electron chi connectivity index (χ3n) is 3.19. The topological polar surface area (TPSA) is 24.5 Å². The van der Waals surface area contributed by atoms with Crippen LogP contribution in [0, 0.1) is 0 Å². The fourth-order valence-electron chi connectivity index (χ4n) is 2.22. The van der Waals surface area contributed by atoms with Crippen molar-refractivity contribution in [1.82, 2.24) is 0 Å². The van der Waals surface area contributed by atoms with E-state index in [0.29, 0.717) is 11.7 Å². The van der Waals surface area contributed by atoms with Crippen LogP contribution < -0.4 is 15.0 Å². The SMILES string of the molecule is CCOc1ccc(NC(=S)N(c2ccccc2)C(C)C)cc1. The first-order valence-electron chi connectivity index (χ1n) is 7.50. The highest BCUT2D eigenvalue weighted by atomic mass is 32.1. The van der Waals surface area contributed by atoms with Crippen molar-refractivity contribution in [2.75, 3.05) is 16.8 Å². The van der Waals surface area contributed by atoms with Crippen LogP contribution >= 0.6 is 12.2 Å². The predicted octanol–water partition coefficient (Wildman–Crippen LogP) is 4.70. The average Bonchev–Trinajstić information content (AvgIpc) is 2.50. The van der Waals surface area contributed by atoms with Crippen LogP contribution in [0.1, 0.15) is 20.8 Å². The fourth-order valence-corrected chi connectivity index (χ4v) is 2.66. The largest absolute Gasteiger partial charge is 0.494 e. The summed E-state index contributed by atoms with van der Waals surface area (Å²) in [6.07, 6.45) is 0. The minimum absolute atomic E-state index is 0.269. The molecule has 0 heterocycles. The van der Waals surface area contributed by atoms with Crippen molar-refractivity contribution in [3.8, 4) is 5.75 Å². The van der Waals surface area contributed by atoms with E-state index in [1.807, 2.05) is 49.4 Å². The second-order valence-electron chi connectivity index (χ2n) is 5.19. The Labute approximate surface area is 137 Å². The summed E-state index contributed by atoms with van der Waals surface area (Å²) in [4.78, 5) is 2.10. The number of benzene rings is 2. The molecule has 0 aliphatic heterocycles. The summed E-state index contributed by atoms with van der Waals surface area (Å²) < 4.78 is 5.45. The van der Waals surface area contributed by atoms with Gasteiger partial charge in [-0.2, -0.15) is 0 Å². The van der Waals surface area contributed by atoms with Crippen molar-refractivity contribution < 1.29 is 4.74 Å². The Kier molecular flexibility index (Phi) is 5.78. The molecule has 0 aliphatic carbocycles. The van der Waals surface area contributed by atoms with E-state index in [-0.39, 0.29) is 6.04 Å². The molecule has 0 unspecified atom stereocenters. The maximum Gasteiger partial charge on any atom is 0.178 e. The molecule has 2 aromatic rings. The number of rotatable bonds is 5. The van der Waals surface area contributed by atoms with Gasteiger partial charge in [0.05, 0.1) is 6.61 Å². The first kappa shape index (κ1) is 16.3. The number of hydrogen-bond acceptors (Lipinski definition) is 2. The summed E-state index contributed by atoms with van der Waals surface area (Å²) in [7, 11) is 0. The van der Waals surface area contributed by atoms with Crippen molar-refractivity contribution in [1.29, 1.82) is 0 Å². The van der Waals surface area contributed by atoms with Crippen LogP contribution in [0.5, 0.6) is 5.75 Å². The maximum atomic E-state index is 5.58. The average molecular weight is 314 g/mol. The number of hydrogen-bond donors (Lipinski definition) is 1. The highest BCUT2D eigenvalue weighted by molar-refractivity contribution is 7.80. The van der Waals surface area contributed by atoms with Crippen LogP contribution in [-0.2, 0) is 0 Å². The molecule has 22 heavy (non-hydrogen) atoms. The Morgan fingerprint density at radius 2 is 1.73 bits per heavy atom. The molecule has 0 radical (unpaired) electrons. The van der Waals surface area contributed by atoms with Gasteiger partial charge in [0, 0.05) is 17.4 Å². The highest BCUT2D eigenvalue weighted by Crippen LogP contribution is 2.20.